The van der Waals surface area contributed by atoms with Crippen molar-refractivity contribution >= 4 is 5.82 Å². The van der Waals surface area contributed by atoms with Crippen LogP contribution in [0.4, 0.5) is 5.82 Å². The van der Waals surface area contributed by atoms with E-state index in [4.69, 9.17) is 0 Å². The van der Waals surface area contributed by atoms with E-state index in [-0.39, 0.29) is 0 Å². The molecule has 1 unspecified atom stereocenters. The summed E-state index contributed by atoms with van der Waals surface area (Å²) in [6.45, 7) is 5.68. The maximum Gasteiger partial charge on any atom is 0.134 e. The lowest BCUT2D eigenvalue weighted by atomic mass is 10.1. The molecule has 0 aliphatic carbocycles. The van der Waals surface area contributed by atoms with Crippen molar-refractivity contribution in [3.63, 3.8) is 0 Å². The summed E-state index contributed by atoms with van der Waals surface area (Å²) in [5.41, 5.74) is 0.856. The molecule has 1 aromatic rings. The number of aliphatic hydroxyl groups excluding tert-OH is 1. The molecule has 1 fully saturated rings. The van der Waals surface area contributed by atoms with Crippen molar-refractivity contribution in [2.75, 3.05) is 18.0 Å². The Bertz CT molecular complexity index is 345. The van der Waals surface area contributed by atoms with E-state index in [1.807, 2.05) is 12.1 Å². The third kappa shape index (κ3) is 2.02. The molecule has 1 atom stereocenters. The Balaban J connectivity index is 2.32. The Hall–Kier alpha value is -1.35. The quantitative estimate of drug-likeness (QED) is 0.764. The zero-order valence-corrected chi connectivity index (χ0v) is 8.76. The number of nitrogens with zero attached hydrogens (tertiary/aromatic N) is 2. The molecule has 0 spiro atoms. The zero-order chi connectivity index (χ0) is 10.7. The van der Waals surface area contributed by atoms with Gasteiger partial charge < -0.3 is 10.0 Å². The van der Waals surface area contributed by atoms with Gasteiger partial charge in [-0.15, -0.1) is 6.58 Å². The fourth-order valence-corrected chi connectivity index (χ4v) is 1.96. The van der Waals surface area contributed by atoms with Crippen molar-refractivity contribution in [2.45, 2.75) is 18.9 Å². The molecule has 0 aromatic carbocycles. The van der Waals surface area contributed by atoms with Gasteiger partial charge >= 0.3 is 0 Å². The molecular formula is C12H16N2O. The number of hydrogen-bond donors (Lipinski definition) is 1. The van der Waals surface area contributed by atoms with Crippen molar-refractivity contribution < 1.29 is 5.11 Å². The largest absolute Gasteiger partial charge is 0.384 e. The van der Waals surface area contributed by atoms with Crippen LogP contribution in [0.25, 0.3) is 0 Å². The maximum atomic E-state index is 9.79. The second kappa shape index (κ2) is 4.45. The molecule has 0 amide bonds. The predicted molar refractivity (Wildman–Crippen MR) is 60.8 cm³/mol. The second-order valence-electron chi connectivity index (χ2n) is 3.79. The number of rotatable bonds is 3. The summed E-state index contributed by atoms with van der Waals surface area (Å²) < 4.78 is 0. The molecule has 1 aromatic heterocycles. The number of hydrogen-bond acceptors (Lipinski definition) is 3. The van der Waals surface area contributed by atoms with Gasteiger partial charge in [-0.25, -0.2) is 4.98 Å². The van der Waals surface area contributed by atoms with Crippen LogP contribution in [0.5, 0.6) is 0 Å². The molecule has 2 heterocycles. The lowest BCUT2D eigenvalue weighted by molar-refractivity contribution is 0.229. The lowest BCUT2D eigenvalue weighted by Gasteiger charge is -2.21. The summed E-state index contributed by atoms with van der Waals surface area (Å²) in [5, 5.41) is 9.79. The fourth-order valence-electron chi connectivity index (χ4n) is 1.96. The first kappa shape index (κ1) is 10.2. The van der Waals surface area contributed by atoms with Crippen molar-refractivity contribution in [1.82, 2.24) is 4.98 Å². The van der Waals surface area contributed by atoms with E-state index in [0.29, 0.717) is 0 Å². The van der Waals surface area contributed by atoms with Gasteiger partial charge in [0.25, 0.3) is 0 Å². The van der Waals surface area contributed by atoms with E-state index in [1.165, 1.54) is 18.9 Å². The highest BCUT2D eigenvalue weighted by molar-refractivity contribution is 5.49. The van der Waals surface area contributed by atoms with Gasteiger partial charge in [0.15, 0.2) is 0 Å². The third-order valence-electron chi connectivity index (χ3n) is 2.76. The van der Waals surface area contributed by atoms with Crippen LogP contribution in [-0.4, -0.2) is 23.2 Å². The van der Waals surface area contributed by atoms with E-state index in [1.54, 1.807) is 6.20 Å². The highest BCUT2D eigenvalue weighted by Crippen LogP contribution is 2.26. The first-order chi connectivity index (χ1) is 7.33. The highest BCUT2D eigenvalue weighted by atomic mass is 16.3. The third-order valence-corrected chi connectivity index (χ3v) is 2.76. The topological polar surface area (TPSA) is 36.4 Å². The Morgan fingerprint density at radius 1 is 1.47 bits per heavy atom. The van der Waals surface area contributed by atoms with Gasteiger partial charge in [-0.05, 0) is 18.9 Å². The average Bonchev–Trinajstić information content (AvgIpc) is 2.81. The standard InChI is InChI=1S/C12H16N2O/c1-2-11(15)10-6-5-7-13-12(10)14-8-3-4-9-14/h2,5-7,11,15H,1,3-4,8-9H2. The van der Waals surface area contributed by atoms with E-state index in [2.05, 4.69) is 16.5 Å². The van der Waals surface area contributed by atoms with E-state index < -0.39 is 6.10 Å². The van der Waals surface area contributed by atoms with Crippen LogP contribution in [0.2, 0.25) is 0 Å². The Morgan fingerprint density at radius 3 is 2.87 bits per heavy atom. The summed E-state index contributed by atoms with van der Waals surface area (Å²) in [6, 6.07) is 3.76. The molecule has 2 rings (SSSR count). The van der Waals surface area contributed by atoms with Crippen molar-refractivity contribution in [2.24, 2.45) is 0 Å². The average molecular weight is 204 g/mol. The normalized spacial score (nSPS) is 17.8. The minimum atomic E-state index is -0.616. The first-order valence-electron chi connectivity index (χ1n) is 5.33. The van der Waals surface area contributed by atoms with Crippen molar-refractivity contribution in [3.05, 3.63) is 36.5 Å². The molecule has 1 aliphatic heterocycles. The molecule has 3 heteroatoms. The SMILES string of the molecule is C=CC(O)c1cccnc1N1CCCC1. The predicted octanol–water partition coefficient (Wildman–Crippen LogP) is 1.90. The van der Waals surface area contributed by atoms with E-state index >= 15 is 0 Å². The molecule has 1 N–H and O–H groups in total. The summed E-state index contributed by atoms with van der Waals surface area (Å²) in [5.74, 6) is 0.905. The van der Waals surface area contributed by atoms with E-state index in [0.717, 1.165) is 24.5 Å². The first-order valence-corrected chi connectivity index (χ1v) is 5.33. The molecule has 0 saturated carbocycles. The maximum absolute atomic E-state index is 9.79. The van der Waals surface area contributed by atoms with Crippen molar-refractivity contribution in [3.8, 4) is 0 Å². The molecule has 15 heavy (non-hydrogen) atoms. The highest BCUT2D eigenvalue weighted by Gasteiger charge is 2.18. The molecule has 3 nitrogen and oxygen atoms in total. The number of pyridine rings is 1. The lowest BCUT2D eigenvalue weighted by Crippen LogP contribution is -2.21. The number of anilines is 1. The molecule has 1 aliphatic rings. The molecule has 0 radical (unpaired) electrons. The Morgan fingerprint density at radius 2 is 2.20 bits per heavy atom. The number of aromatic nitrogens is 1. The van der Waals surface area contributed by atoms with Gasteiger partial charge in [0.05, 0.1) is 0 Å². The van der Waals surface area contributed by atoms with Crippen LogP contribution in [0.15, 0.2) is 31.0 Å². The van der Waals surface area contributed by atoms with E-state index in [9.17, 15) is 5.11 Å². The summed E-state index contributed by atoms with van der Waals surface area (Å²) in [7, 11) is 0. The van der Waals surface area contributed by atoms with Gasteiger partial charge in [0.2, 0.25) is 0 Å². The number of aliphatic hydroxyl groups is 1. The van der Waals surface area contributed by atoms with Crippen LogP contribution in [-0.2, 0) is 0 Å². The summed E-state index contributed by atoms with van der Waals surface area (Å²) in [6.07, 6.45) is 5.11. The summed E-state index contributed by atoms with van der Waals surface area (Å²) in [4.78, 5) is 6.57. The summed E-state index contributed by atoms with van der Waals surface area (Å²) >= 11 is 0. The van der Waals surface area contributed by atoms with Crippen LogP contribution >= 0.6 is 0 Å². The van der Waals surface area contributed by atoms with Gasteiger partial charge in [-0.2, -0.15) is 0 Å². The minimum absolute atomic E-state index is 0.616. The zero-order valence-electron chi connectivity index (χ0n) is 8.76. The molecule has 1 saturated heterocycles. The van der Waals surface area contributed by atoms with Crippen molar-refractivity contribution in [1.29, 1.82) is 0 Å². The van der Waals surface area contributed by atoms with Gasteiger partial charge in [0, 0.05) is 24.8 Å². The van der Waals surface area contributed by atoms with Gasteiger partial charge in [-0.1, -0.05) is 12.1 Å². The monoisotopic (exact) mass is 204 g/mol. The smallest absolute Gasteiger partial charge is 0.134 e. The van der Waals surface area contributed by atoms with Gasteiger partial charge in [0.1, 0.15) is 11.9 Å². The molecular weight excluding hydrogens is 188 g/mol. The van der Waals surface area contributed by atoms with Crippen LogP contribution < -0.4 is 4.90 Å². The molecule has 0 bridgehead atoms. The fraction of sp³-hybridized carbons (Fsp3) is 0.417. The minimum Gasteiger partial charge on any atom is -0.384 e. The van der Waals surface area contributed by atoms with Crippen LogP contribution in [0, 0.1) is 0 Å². The van der Waals surface area contributed by atoms with Gasteiger partial charge in [-0.3, -0.25) is 0 Å². The second-order valence-corrected chi connectivity index (χ2v) is 3.79. The van der Waals surface area contributed by atoms with Crippen LogP contribution in [0.3, 0.4) is 0 Å². The molecule has 80 valence electrons. The van der Waals surface area contributed by atoms with Crippen LogP contribution in [0.1, 0.15) is 24.5 Å². The Kier molecular flexibility index (Phi) is 3.02. The Labute approximate surface area is 90.1 Å².